The summed E-state index contributed by atoms with van der Waals surface area (Å²) in [5, 5.41) is 3.59. The first-order chi connectivity index (χ1) is 7.72. The minimum absolute atomic E-state index is 0.150. The van der Waals surface area contributed by atoms with Crippen LogP contribution in [0.5, 0.6) is 5.75 Å². The number of benzene rings is 1. The van der Waals surface area contributed by atoms with Crippen molar-refractivity contribution in [3.63, 3.8) is 0 Å². The third kappa shape index (κ3) is 2.29. The fraction of sp³-hybridized carbons (Fsp3) is 0.455. The van der Waals surface area contributed by atoms with Crippen LogP contribution in [-0.2, 0) is 4.74 Å². The van der Waals surface area contributed by atoms with E-state index in [1.165, 1.54) is 13.2 Å². The Kier molecular flexibility index (Phi) is 3.63. The van der Waals surface area contributed by atoms with E-state index in [0.29, 0.717) is 23.7 Å². The molecule has 1 aliphatic heterocycles. The van der Waals surface area contributed by atoms with Crippen LogP contribution in [0.15, 0.2) is 12.1 Å². The van der Waals surface area contributed by atoms with Gasteiger partial charge in [-0.05, 0) is 6.07 Å². The van der Waals surface area contributed by atoms with E-state index in [9.17, 15) is 4.39 Å². The Bertz CT molecular complexity index is 380. The van der Waals surface area contributed by atoms with Gasteiger partial charge in [0.25, 0.3) is 0 Å². The van der Waals surface area contributed by atoms with Crippen molar-refractivity contribution in [2.24, 2.45) is 0 Å². The molecule has 3 nitrogen and oxygen atoms in total. The smallest absolute Gasteiger partial charge is 0.170 e. The average molecular weight is 246 g/mol. The third-order valence-corrected chi connectivity index (χ3v) is 2.74. The molecular formula is C11H13ClFNO2. The zero-order valence-electron chi connectivity index (χ0n) is 8.93. The van der Waals surface area contributed by atoms with E-state index in [2.05, 4.69) is 5.32 Å². The number of rotatable bonds is 2. The highest BCUT2D eigenvalue weighted by Crippen LogP contribution is 2.31. The highest BCUT2D eigenvalue weighted by molar-refractivity contribution is 6.30. The molecule has 0 spiro atoms. The Morgan fingerprint density at radius 1 is 1.56 bits per heavy atom. The summed E-state index contributed by atoms with van der Waals surface area (Å²) in [6.45, 7) is 1.94. The molecule has 0 bridgehead atoms. The normalized spacial score (nSPS) is 20.8. The van der Waals surface area contributed by atoms with E-state index in [1.54, 1.807) is 6.07 Å². The molecule has 2 rings (SSSR count). The second kappa shape index (κ2) is 4.99. The predicted molar refractivity (Wildman–Crippen MR) is 59.5 cm³/mol. The van der Waals surface area contributed by atoms with Crippen LogP contribution >= 0.6 is 11.6 Å². The average Bonchev–Trinajstić information content (AvgIpc) is 2.33. The maximum atomic E-state index is 13.9. The third-order valence-electron chi connectivity index (χ3n) is 2.53. The van der Waals surface area contributed by atoms with Crippen molar-refractivity contribution in [3.05, 3.63) is 28.5 Å². The van der Waals surface area contributed by atoms with Gasteiger partial charge in [0.15, 0.2) is 11.6 Å². The second-order valence-electron chi connectivity index (χ2n) is 3.57. The molecule has 1 fully saturated rings. The molecule has 1 unspecified atom stereocenters. The summed E-state index contributed by atoms with van der Waals surface area (Å²) in [4.78, 5) is 0. The largest absolute Gasteiger partial charge is 0.494 e. The lowest BCUT2D eigenvalue weighted by atomic mass is 10.1. The lowest BCUT2D eigenvalue weighted by molar-refractivity contribution is 0.0253. The maximum Gasteiger partial charge on any atom is 0.170 e. The molecular weight excluding hydrogens is 233 g/mol. The van der Waals surface area contributed by atoms with Gasteiger partial charge in [-0.15, -0.1) is 0 Å². The van der Waals surface area contributed by atoms with Crippen LogP contribution in [0.3, 0.4) is 0 Å². The molecule has 1 aromatic rings. The highest BCUT2D eigenvalue weighted by atomic mass is 35.5. The predicted octanol–water partition coefficient (Wildman–Crippen LogP) is 2.15. The number of nitrogens with one attached hydrogen (secondary N) is 1. The standard InChI is InChI=1S/C11H13ClFNO2/c1-15-9-5-7(12)4-8(11(9)13)10-6-14-2-3-16-10/h4-5,10,14H,2-3,6H2,1H3. The van der Waals surface area contributed by atoms with Crippen molar-refractivity contribution in [2.75, 3.05) is 26.8 Å². The lowest BCUT2D eigenvalue weighted by Crippen LogP contribution is -2.33. The minimum Gasteiger partial charge on any atom is -0.494 e. The Morgan fingerprint density at radius 3 is 3.00 bits per heavy atom. The van der Waals surface area contributed by atoms with Gasteiger partial charge in [-0.25, -0.2) is 4.39 Å². The molecule has 16 heavy (non-hydrogen) atoms. The van der Waals surface area contributed by atoms with Crippen molar-refractivity contribution in [1.82, 2.24) is 5.32 Å². The maximum absolute atomic E-state index is 13.9. The Hall–Kier alpha value is -0.840. The van der Waals surface area contributed by atoms with Gasteiger partial charge in [-0.3, -0.25) is 0 Å². The van der Waals surface area contributed by atoms with Crippen molar-refractivity contribution in [3.8, 4) is 5.75 Å². The quantitative estimate of drug-likeness (QED) is 0.866. The van der Waals surface area contributed by atoms with Crippen LogP contribution in [0.2, 0.25) is 5.02 Å². The Morgan fingerprint density at radius 2 is 2.38 bits per heavy atom. The van der Waals surface area contributed by atoms with Crippen molar-refractivity contribution >= 4 is 11.6 Å². The molecule has 1 heterocycles. The number of morpholine rings is 1. The van der Waals surface area contributed by atoms with Crippen LogP contribution < -0.4 is 10.1 Å². The summed E-state index contributed by atoms with van der Waals surface area (Å²) in [6, 6.07) is 3.04. The lowest BCUT2D eigenvalue weighted by Gasteiger charge is -2.24. The Balaban J connectivity index is 2.34. The topological polar surface area (TPSA) is 30.5 Å². The minimum atomic E-state index is -0.402. The molecule has 1 saturated heterocycles. The molecule has 0 aliphatic carbocycles. The second-order valence-corrected chi connectivity index (χ2v) is 4.01. The van der Waals surface area contributed by atoms with Crippen LogP contribution in [0.4, 0.5) is 4.39 Å². The fourth-order valence-electron chi connectivity index (χ4n) is 1.73. The van der Waals surface area contributed by atoms with Crippen LogP contribution in [0.25, 0.3) is 0 Å². The monoisotopic (exact) mass is 245 g/mol. The zero-order valence-corrected chi connectivity index (χ0v) is 9.68. The van der Waals surface area contributed by atoms with Crippen LogP contribution in [0, 0.1) is 5.82 Å². The van der Waals surface area contributed by atoms with Crippen molar-refractivity contribution in [1.29, 1.82) is 0 Å². The molecule has 1 atom stereocenters. The number of ether oxygens (including phenoxy) is 2. The molecule has 1 N–H and O–H groups in total. The molecule has 0 aromatic heterocycles. The number of halogens is 2. The first kappa shape index (κ1) is 11.6. The molecule has 0 amide bonds. The summed E-state index contributed by atoms with van der Waals surface area (Å²) in [6.07, 6.45) is -0.304. The van der Waals surface area contributed by atoms with E-state index < -0.39 is 5.82 Å². The molecule has 1 aromatic carbocycles. The summed E-state index contributed by atoms with van der Waals surface area (Å²) in [5.41, 5.74) is 0.441. The molecule has 0 radical (unpaired) electrons. The molecule has 1 aliphatic rings. The van der Waals surface area contributed by atoms with Gasteiger partial charge in [0.05, 0.1) is 19.8 Å². The van der Waals surface area contributed by atoms with Gasteiger partial charge in [0, 0.05) is 29.7 Å². The first-order valence-electron chi connectivity index (χ1n) is 5.07. The van der Waals surface area contributed by atoms with E-state index in [0.717, 1.165) is 6.54 Å². The Labute approximate surface area is 98.5 Å². The van der Waals surface area contributed by atoms with Crippen molar-refractivity contribution < 1.29 is 13.9 Å². The number of hydrogen-bond donors (Lipinski definition) is 1. The van der Waals surface area contributed by atoms with Crippen molar-refractivity contribution in [2.45, 2.75) is 6.10 Å². The summed E-state index contributed by atoms with van der Waals surface area (Å²) in [7, 11) is 1.42. The van der Waals surface area contributed by atoms with E-state index in [1.807, 2.05) is 0 Å². The van der Waals surface area contributed by atoms with Gasteiger partial charge in [0.1, 0.15) is 0 Å². The summed E-state index contributed by atoms with van der Waals surface area (Å²) >= 11 is 5.90. The SMILES string of the molecule is COc1cc(Cl)cc(C2CNCCO2)c1F. The summed E-state index contributed by atoms with van der Waals surface area (Å²) in [5.74, 6) is -0.253. The van der Waals surface area contributed by atoms with Gasteiger partial charge >= 0.3 is 0 Å². The molecule has 5 heteroatoms. The fourth-order valence-corrected chi connectivity index (χ4v) is 1.95. The van der Waals surface area contributed by atoms with E-state index in [-0.39, 0.29) is 11.9 Å². The summed E-state index contributed by atoms with van der Waals surface area (Å²) < 4.78 is 24.4. The van der Waals surface area contributed by atoms with Gasteiger partial charge in [-0.2, -0.15) is 0 Å². The highest BCUT2D eigenvalue weighted by Gasteiger charge is 2.22. The van der Waals surface area contributed by atoms with Gasteiger partial charge in [0.2, 0.25) is 0 Å². The van der Waals surface area contributed by atoms with Gasteiger partial charge in [-0.1, -0.05) is 11.6 Å². The van der Waals surface area contributed by atoms with E-state index in [4.69, 9.17) is 21.1 Å². The first-order valence-corrected chi connectivity index (χ1v) is 5.45. The number of methoxy groups -OCH3 is 1. The van der Waals surface area contributed by atoms with Crippen LogP contribution in [-0.4, -0.2) is 26.8 Å². The molecule has 88 valence electrons. The molecule has 0 saturated carbocycles. The van der Waals surface area contributed by atoms with Crippen LogP contribution in [0.1, 0.15) is 11.7 Å². The van der Waals surface area contributed by atoms with Gasteiger partial charge < -0.3 is 14.8 Å². The number of hydrogen-bond acceptors (Lipinski definition) is 3. The van der Waals surface area contributed by atoms with E-state index >= 15 is 0 Å². The zero-order chi connectivity index (χ0) is 11.5.